The maximum Gasteiger partial charge on any atom is 0.246 e. The number of benzene rings is 1. The highest BCUT2D eigenvalue weighted by Gasteiger charge is 2.38. The zero-order chi connectivity index (χ0) is 17.2. The molecule has 2 aliphatic heterocycles. The van der Waals surface area contributed by atoms with E-state index < -0.39 is 0 Å². The fourth-order valence-electron chi connectivity index (χ4n) is 3.39. The van der Waals surface area contributed by atoms with Gasteiger partial charge in [0.05, 0.1) is 6.07 Å². The van der Waals surface area contributed by atoms with Crippen LogP contribution in [0.3, 0.4) is 0 Å². The molecule has 6 heteroatoms. The Morgan fingerprint density at radius 2 is 2.00 bits per heavy atom. The van der Waals surface area contributed by atoms with E-state index in [1.54, 1.807) is 17.1 Å². The number of nitrogens with zero attached hydrogens (tertiary/aromatic N) is 3. The van der Waals surface area contributed by atoms with Gasteiger partial charge in [-0.2, -0.15) is 5.26 Å². The fourth-order valence-corrected chi connectivity index (χ4v) is 3.39. The van der Waals surface area contributed by atoms with Crippen molar-refractivity contribution in [3.8, 4) is 17.6 Å². The second-order valence-corrected chi connectivity index (χ2v) is 6.63. The van der Waals surface area contributed by atoms with E-state index in [1.807, 2.05) is 18.2 Å². The van der Waals surface area contributed by atoms with Crippen LogP contribution in [-0.2, 0) is 4.79 Å². The Kier molecular flexibility index (Phi) is 4.33. The van der Waals surface area contributed by atoms with Crippen molar-refractivity contribution in [2.24, 2.45) is 0 Å². The minimum Gasteiger partial charge on any atom is -0.486 e. The Morgan fingerprint density at radius 3 is 2.76 bits per heavy atom. The third kappa shape index (κ3) is 3.47. The van der Waals surface area contributed by atoms with Crippen LogP contribution >= 0.6 is 0 Å². The Balaban J connectivity index is 1.40. The van der Waals surface area contributed by atoms with E-state index in [-0.39, 0.29) is 11.9 Å². The van der Waals surface area contributed by atoms with Crippen molar-refractivity contribution < 1.29 is 14.3 Å². The quantitative estimate of drug-likeness (QED) is 0.784. The molecule has 0 aromatic heterocycles. The number of carbonyl (C=O) groups excluding carboxylic acids is 1. The van der Waals surface area contributed by atoms with Gasteiger partial charge in [0, 0.05) is 31.8 Å². The summed E-state index contributed by atoms with van der Waals surface area (Å²) in [5, 5.41) is 9.38. The zero-order valence-electron chi connectivity index (χ0n) is 14.1. The lowest BCUT2D eigenvalue weighted by molar-refractivity contribution is -0.128. The molecule has 2 fully saturated rings. The zero-order valence-corrected chi connectivity index (χ0v) is 14.1. The molecule has 6 nitrogen and oxygen atoms in total. The topological polar surface area (TPSA) is 65.8 Å². The molecule has 1 saturated carbocycles. The van der Waals surface area contributed by atoms with E-state index >= 15 is 0 Å². The molecule has 0 bridgehead atoms. The van der Waals surface area contributed by atoms with Crippen molar-refractivity contribution in [3.05, 3.63) is 29.8 Å². The van der Waals surface area contributed by atoms with Gasteiger partial charge >= 0.3 is 0 Å². The number of fused-ring (bicyclic) bond motifs is 1. The van der Waals surface area contributed by atoms with Crippen LogP contribution < -0.4 is 9.47 Å². The maximum absolute atomic E-state index is 12.5. The summed E-state index contributed by atoms with van der Waals surface area (Å²) in [6.07, 6.45) is 5.72. The van der Waals surface area contributed by atoms with Crippen molar-refractivity contribution >= 4 is 12.0 Å². The highest BCUT2D eigenvalue weighted by molar-refractivity contribution is 5.92. The third-order valence-electron chi connectivity index (χ3n) is 4.88. The summed E-state index contributed by atoms with van der Waals surface area (Å²) in [6.45, 7) is 3.05. The lowest BCUT2D eigenvalue weighted by Gasteiger charge is -2.38. The molecule has 1 unspecified atom stereocenters. The van der Waals surface area contributed by atoms with Crippen molar-refractivity contribution in [3.63, 3.8) is 0 Å². The lowest BCUT2D eigenvalue weighted by Crippen LogP contribution is -2.54. The van der Waals surface area contributed by atoms with Gasteiger partial charge in [0.1, 0.15) is 19.3 Å². The number of piperazine rings is 1. The monoisotopic (exact) mass is 339 g/mol. The number of hydrogen-bond acceptors (Lipinski definition) is 5. The molecular weight excluding hydrogens is 318 g/mol. The molecule has 0 spiro atoms. The standard InChI is InChI=1S/C19H21N3O3/c20-12-16-13-21(7-8-22(16)15-3-4-15)19(23)6-2-14-1-5-17-18(11-14)25-10-9-24-17/h1-2,5-6,11,15-16H,3-4,7-10,13H2/b6-2+. The average molecular weight is 339 g/mol. The Hall–Kier alpha value is -2.52. The van der Waals surface area contributed by atoms with E-state index in [9.17, 15) is 10.1 Å². The van der Waals surface area contributed by atoms with Crippen molar-refractivity contribution in [2.75, 3.05) is 32.8 Å². The normalized spacial score (nSPS) is 23.5. The number of amides is 1. The van der Waals surface area contributed by atoms with E-state index in [0.717, 1.165) is 17.9 Å². The first-order valence-electron chi connectivity index (χ1n) is 8.76. The van der Waals surface area contributed by atoms with E-state index in [2.05, 4.69) is 11.0 Å². The van der Waals surface area contributed by atoms with Gasteiger partial charge in [-0.25, -0.2) is 0 Å². The van der Waals surface area contributed by atoms with Crippen molar-refractivity contribution in [2.45, 2.75) is 24.9 Å². The molecule has 1 aromatic carbocycles. The SMILES string of the molecule is N#CC1CN(C(=O)/C=C/c2ccc3c(c2)OCCO3)CCN1C1CC1. The van der Waals surface area contributed by atoms with Crippen molar-refractivity contribution in [1.29, 1.82) is 5.26 Å². The highest BCUT2D eigenvalue weighted by Crippen LogP contribution is 2.31. The van der Waals surface area contributed by atoms with Gasteiger partial charge < -0.3 is 14.4 Å². The Morgan fingerprint density at radius 1 is 1.20 bits per heavy atom. The summed E-state index contributed by atoms with van der Waals surface area (Å²) < 4.78 is 11.1. The molecule has 25 heavy (non-hydrogen) atoms. The van der Waals surface area contributed by atoms with Crippen LogP contribution in [-0.4, -0.2) is 60.6 Å². The Bertz CT molecular complexity index is 736. The summed E-state index contributed by atoms with van der Waals surface area (Å²) in [7, 11) is 0. The summed E-state index contributed by atoms with van der Waals surface area (Å²) in [5.41, 5.74) is 0.894. The van der Waals surface area contributed by atoms with E-state index in [1.165, 1.54) is 12.8 Å². The molecule has 1 saturated heterocycles. The van der Waals surface area contributed by atoms with Crippen LogP contribution in [0.4, 0.5) is 0 Å². The average Bonchev–Trinajstić information content (AvgIpc) is 3.50. The summed E-state index contributed by atoms with van der Waals surface area (Å²) in [6, 6.07) is 8.35. The molecule has 1 atom stereocenters. The molecule has 2 heterocycles. The van der Waals surface area contributed by atoms with Gasteiger partial charge in [0.25, 0.3) is 0 Å². The number of hydrogen-bond donors (Lipinski definition) is 0. The van der Waals surface area contributed by atoms with Gasteiger partial charge in [-0.05, 0) is 36.6 Å². The molecule has 130 valence electrons. The van der Waals surface area contributed by atoms with Crippen LogP contribution in [0.5, 0.6) is 11.5 Å². The molecule has 4 rings (SSSR count). The second-order valence-electron chi connectivity index (χ2n) is 6.63. The largest absolute Gasteiger partial charge is 0.486 e. The minimum absolute atomic E-state index is 0.0504. The molecule has 1 aliphatic carbocycles. The number of nitriles is 1. The third-order valence-corrected chi connectivity index (χ3v) is 4.88. The minimum atomic E-state index is -0.187. The molecule has 3 aliphatic rings. The van der Waals surface area contributed by atoms with Crippen LogP contribution in [0.1, 0.15) is 18.4 Å². The predicted octanol–water partition coefficient (Wildman–Crippen LogP) is 1.67. The maximum atomic E-state index is 12.5. The molecule has 1 amide bonds. The number of carbonyl (C=O) groups is 1. The molecule has 0 N–H and O–H groups in total. The predicted molar refractivity (Wildman–Crippen MR) is 92.2 cm³/mol. The van der Waals surface area contributed by atoms with Gasteiger partial charge in [0.2, 0.25) is 5.91 Å². The summed E-state index contributed by atoms with van der Waals surface area (Å²) in [4.78, 5) is 16.5. The molecule has 0 radical (unpaired) electrons. The first-order valence-corrected chi connectivity index (χ1v) is 8.76. The number of ether oxygens (including phenoxy) is 2. The first kappa shape index (κ1) is 16.0. The van der Waals surface area contributed by atoms with Gasteiger partial charge in [-0.1, -0.05) is 6.07 Å². The molecule has 1 aromatic rings. The first-order chi connectivity index (χ1) is 12.2. The molecular formula is C19H21N3O3. The number of rotatable bonds is 3. The van der Waals surface area contributed by atoms with Crippen LogP contribution in [0, 0.1) is 11.3 Å². The van der Waals surface area contributed by atoms with Gasteiger partial charge in [-0.15, -0.1) is 0 Å². The lowest BCUT2D eigenvalue weighted by atomic mass is 10.1. The van der Waals surface area contributed by atoms with E-state index in [4.69, 9.17) is 9.47 Å². The summed E-state index contributed by atoms with van der Waals surface area (Å²) >= 11 is 0. The van der Waals surface area contributed by atoms with Crippen LogP contribution in [0.25, 0.3) is 6.08 Å². The van der Waals surface area contributed by atoms with Crippen LogP contribution in [0.2, 0.25) is 0 Å². The fraction of sp³-hybridized carbons (Fsp3) is 0.474. The smallest absolute Gasteiger partial charge is 0.246 e. The second kappa shape index (κ2) is 6.77. The van der Waals surface area contributed by atoms with Crippen LogP contribution in [0.15, 0.2) is 24.3 Å². The highest BCUT2D eigenvalue weighted by atomic mass is 16.6. The van der Waals surface area contributed by atoms with E-state index in [0.29, 0.717) is 38.1 Å². The van der Waals surface area contributed by atoms with Gasteiger partial charge in [-0.3, -0.25) is 9.69 Å². The Labute approximate surface area is 147 Å². The summed E-state index contributed by atoms with van der Waals surface area (Å²) in [5.74, 6) is 1.40. The van der Waals surface area contributed by atoms with Crippen molar-refractivity contribution in [1.82, 2.24) is 9.80 Å². The van der Waals surface area contributed by atoms with Gasteiger partial charge in [0.15, 0.2) is 11.5 Å².